The number of ether oxygens (including phenoxy) is 2. The molecule has 0 amide bonds. The van der Waals surface area contributed by atoms with Crippen LogP contribution >= 0.6 is 0 Å². The first-order valence-electron chi connectivity index (χ1n) is 8.15. The van der Waals surface area contributed by atoms with Gasteiger partial charge in [-0.3, -0.25) is 0 Å². The average Bonchev–Trinajstić information content (AvgIpc) is 2.47. The second-order valence-electron chi connectivity index (χ2n) is 4.75. The molecule has 0 atom stereocenters. The molecule has 0 unspecified atom stereocenters. The van der Waals surface area contributed by atoms with Gasteiger partial charge in [-0.1, -0.05) is 52.4 Å². The van der Waals surface area contributed by atoms with Gasteiger partial charge in [-0.15, -0.1) is 13.2 Å². The summed E-state index contributed by atoms with van der Waals surface area (Å²) in [5.41, 5.74) is 0. The third-order valence-corrected chi connectivity index (χ3v) is 2.74. The number of hydrogen-bond donors (Lipinski definition) is 0. The molecular weight excluding hydrogens is 280 g/mol. The Labute approximate surface area is 147 Å². The molecule has 0 bridgehead atoms. The van der Waals surface area contributed by atoms with Crippen molar-refractivity contribution in [1.29, 1.82) is 0 Å². The van der Waals surface area contributed by atoms with Crippen molar-refractivity contribution in [2.24, 2.45) is 0 Å². The van der Waals surface area contributed by atoms with Crippen LogP contribution in [0.3, 0.4) is 0 Å². The van der Waals surface area contributed by atoms with Crippen molar-refractivity contribution >= 4 is 23.1 Å². The number of hydrogen-bond acceptors (Lipinski definition) is 4. The van der Waals surface area contributed by atoms with E-state index in [4.69, 9.17) is 9.47 Å². The smallest absolute Gasteiger partial charge is 0.853 e. The predicted octanol–water partition coefficient (Wildman–Crippen LogP) is 1.51. The molecule has 124 valence electrons. The fourth-order valence-corrected chi connectivity index (χ4v) is 1.58. The Bertz CT molecular complexity index is 116. The van der Waals surface area contributed by atoms with Crippen molar-refractivity contribution in [1.82, 2.24) is 0 Å². The first-order chi connectivity index (χ1) is 9.83. The third kappa shape index (κ3) is 33.4. The maximum atomic E-state index is 9.89. The van der Waals surface area contributed by atoms with Crippen LogP contribution in [0.15, 0.2) is 0 Å². The van der Waals surface area contributed by atoms with E-state index in [2.05, 4.69) is 13.8 Å². The van der Waals surface area contributed by atoms with E-state index in [9.17, 15) is 10.2 Å². The standard InChI is InChI=1S/2C8H17O2.Mg/c2*1-2-3-4-5-7-10-8-6-9;/h2*2-8H2,1H3;/q2*-1;+2. The Morgan fingerprint density at radius 1 is 0.571 bits per heavy atom. The van der Waals surface area contributed by atoms with Crippen LogP contribution in [0.5, 0.6) is 0 Å². The molecule has 21 heavy (non-hydrogen) atoms. The van der Waals surface area contributed by atoms with Gasteiger partial charge in [-0.25, -0.2) is 0 Å². The van der Waals surface area contributed by atoms with E-state index >= 15 is 0 Å². The van der Waals surface area contributed by atoms with Crippen molar-refractivity contribution in [2.45, 2.75) is 65.2 Å². The number of rotatable bonds is 14. The third-order valence-electron chi connectivity index (χ3n) is 2.74. The average molecular weight is 315 g/mol. The molecule has 0 N–H and O–H groups in total. The summed E-state index contributed by atoms with van der Waals surface area (Å²) in [6, 6.07) is 0. The maximum absolute atomic E-state index is 9.89. The van der Waals surface area contributed by atoms with E-state index in [1.54, 1.807) is 0 Å². The molecular formula is C16H34MgO4. The Hall–Kier alpha value is 0.606. The molecule has 0 aromatic carbocycles. The van der Waals surface area contributed by atoms with Gasteiger partial charge >= 0.3 is 23.1 Å². The van der Waals surface area contributed by atoms with Gasteiger partial charge in [0.15, 0.2) is 0 Å². The Morgan fingerprint density at radius 3 is 1.24 bits per heavy atom. The molecule has 0 aliphatic rings. The van der Waals surface area contributed by atoms with E-state index in [0.29, 0.717) is 13.2 Å². The fraction of sp³-hybridized carbons (Fsp3) is 1.00. The van der Waals surface area contributed by atoms with E-state index in [0.717, 1.165) is 26.1 Å². The van der Waals surface area contributed by atoms with Gasteiger partial charge in [0.1, 0.15) is 0 Å². The molecule has 4 nitrogen and oxygen atoms in total. The zero-order valence-corrected chi connectivity index (χ0v) is 15.7. The predicted molar refractivity (Wildman–Crippen MR) is 85.4 cm³/mol. The van der Waals surface area contributed by atoms with Gasteiger partial charge in [0.05, 0.1) is 0 Å². The largest absolute Gasteiger partial charge is 2.00 e. The summed E-state index contributed by atoms with van der Waals surface area (Å²) >= 11 is 0. The summed E-state index contributed by atoms with van der Waals surface area (Å²) in [6.07, 6.45) is 9.73. The second kappa shape index (κ2) is 28.7. The van der Waals surface area contributed by atoms with Crippen molar-refractivity contribution in [2.75, 3.05) is 39.6 Å². The molecule has 0 fully saturated rings. The van der Waals surface area contributed by atoms with E-state index in [-0.39, 0.29) is 36.3 Å². The molecule has 0 aromatic rings. The fourth-order valence-electron chi connectivity index (χ4n) is 1.58. The summed E-state index contributed by atoms with van der Waals surface area (Å²) < 4.78 is 10.0. The summed E-state index contributed by atoms with van der Waals surface area (Å²) in [5.74, 6) is 0. The molecule has 0 rings (SSSR count). The summed E-state index contributed by atoms with van der Waals surface area (Å²) in [7, 11) is 0. The van der Waals surface area contributed by atoms with Gasteiger partial charge in [0, 0.05) is 26.4 Å². The second-order valence-corrected chi connectivity index (χ2v) is 4.75. The van der Waals surface area contributed by atoms with Crippen molar-refractivity contribution in [3.63, 3.8) is 0 Å². The van der Waals surface area contributed by atoms with E-state index in [1.807, 2.05) is 0 Å². The summed E-state index contributed by atoms with van der Waals surface area (Å²) in [4.78, 5) is 0. The molecule has 0 saturated carbocycles. The molecule has 0 saturated heterocycles. The van der Waals surface area contributed by atoms with Crippen molar-refractivity contribution in [3.05, 3.63) is 0 Å². The van der Waals surface area contributed by atoms with Crippen LogP contribution in [0, 0.1) is 0 Å². The number of unbranched alkanes of at least 4 members (excludes halogenated alkanes) is 6. The minimum Gasteiger partial charge on any atom is -0.853 e. The molecule has 5 heteroatoms. The van der Waals surface area contributed by atoms with Crippen LogP contribution in [0.4, 0.5) is 0 Å². The molecule has 0 heterocycles. The molecule has 0 aliphatic heterocycles. The minimum absolute atomic E-state index is 0. The van der Waals surface area contributed by atoms with Crippen LogP contribution in [-0.4, -0.2) is 62.7 Å². The zero-order valence-electron chi connectivity index (χ0n) is 14.2. The van der Waals surface area contributed by atoms with Crippen LogP contribution in [0.1, 0.15) is 65.2 Å². The molecule has 0 aliphatic carbocycles. The first-order valence-corrected chi connectivity index (χ1v) is 8.15. The van der Waals surface area contributed by atoms with Crippen LogP contribution in [-0.2, 0) is 9.47 Å². The summed E-state index contributed by atoms with van der Waals surface area (Å²) in [5, 5.41) is 19.8. The van der Waals surface area contributed by atoms with Crippen molar-refractivity contribution in [3.8, 4) is 0 Å². The maximum Gasteiger partial charge on any atom is 2.00 e. The Kier molecular flexibility index (Phi) is 36.2. The van der Waals surface area contributed by atoms with E-state index < -0.39 is 0 Å². The van der Waals surface area contributed by atoms with E-state index in [1.165, 1.54) is 38.5 Å². The van der Waals surface area contributed by atoms with Crippen LogP contribution < -0.4 is 10.2 Å². The molecule has 0 radical (unpaired) electrons. The summed E-state index contributed by atoms with van der Waals surface area (Å²) in [6.45, 7) is 6.45. The topological polar surface area (TPSA) is 64.6 Å². The van der Waals surface area contributed by atoms with Gasteiger partial charge in [-0.2, -0.15) is 0 Å². The van der Waals surface area contributed by atoms with Crippen LogP contribution in [0.2, 0.25) is 0 Å². The Balaban J connectivity index is -0.000000295. The van der Waals surface area contributed by atoms with Gasteiger partial charge in [0.25, 0.3) is 0 Å². The zero-order chi connectivity index (χ0) is 15.3. The van der Waals surface area contributed by atoms with Gasteiger partial charge in [0.2, 0.25) is 0 Å². The van der Waals surface area contributed by atoms with Crippen molar-refractivity contribution < 1.29 is 19.7 Å². The van der Waals surface area contributed by atoms with Gasteiger partial charge in [-0.05, 0) is 12.8 Å². The first kappa shape index (κ1) is 26.5. The molecule has 0 spiro atoms. The Morgan fingerprint density at radius 2 is 0.952 bits per heavy atom. The van der Waals surface area contributed by atoms with Gasteiger partial charge < -0.3 is 19.7 Å². The van der Waals surface area contributed by atoms with Crippen LogP contribution in [0.25, 0.3) is 0 Å². The minimum atomic E-state index is -0.103. The SMILES string of the molecule is CCCCCCOCC[O-].CCCCCCOCC[O-].[Mg+2]. The normalized spacial score (nSPS) is 9.71. The monoisotopic (exact) mass is 314 g/mol. The quantitative estimate of drug-likeness (QED) is 0.360. The molecule has 0 aromatic heterocycles.